The smallest absolute Gasteiger partial charge is 0.267 e. The lowest BCUT2D eigenvalue weighted by atomic mass is 10.1. The summed E-state index contributed by atoms with van der Waals surface area (Å²) in [5.41, 5.74) is 0.162. The van der Waals surface area contributed by atoms with Crippen molar-refractivity contribution in [3.63, 3.8) is 0 Å². The summed E-state index contributed by atoms with van der Waals surface area (Å²) < 4.78 is 2.17. The molecule has 0 aromatic carbocycles. The van der Waals surface area contributed by atoms with E-state index in [1.54, 1.807) is 12.1 Å². The van der Waals surface area contributed by atoms with Crippen molar-refractivity contribution in [3.8, 4) is 0 Å². The van der Waals surface area contributed by atoms with Gasteiger partial charge in [-0.1, -0.05) is 13.0 Å². The van der Waals surface area contributed by atoms with E-state index < -0.39 is 0 Å². The van der Waals surface area contributed by atoms with E-state index in [1.807, 2.05) is 12.4 Å². The maximum Gasteiger partial charge on any atom is 0.267 e. The first-order valence-electron chi connectivity index (χ1n) is 7.59. The van der Waals surface area contributed by atoms with Gasteiger partial charge in [0.15, 0.2) is 0 Å². The Kier molecular flexibility index (Phi) is 3.83. The third-order valence-electron chi connectivity index (χ3n) is 4.22. The number of aromatic amines is 1. The molecule has 0 radical (unpaired) electrons. The second-order valence-electron chi connectivity index (χ2n) is 5.94. The van der Waals surface area contributed by atoms with E-state index >= 15 is 0 Å². The highest BCUT2D eigenvalue weighted by molar-refractivity contribution is 5.92. The standard InChI is InChI=1S/C16H20N4O2/c1-2-13-17-8-9-20(13)11-16(6-7-16)10-18-15(22)12-4-3-5-14(21)19-12/h3-5,8-9H,2,6-7,10-11H2,1H3,(H,18,22)(H,19,21). The third kappa shape index (κ3) is 3.10. The van der Waals surface area contributed by atoms with Crippen LogP contribution in [0.2, 0.25) is 0 Å². The highest BCUT2D eigenvalue weighted by atomic mass is 16.2. The largest absolute Gasteiger partial charge is 0.350 e. The van der Waals surface area contributed by atoms with Crippen molar-refractivity contribution in [3.05, 3.63) is 52.5 Å². The van der Waals surface area contributed by atoms with E-state index in [0.717, 1.165) is 31.6 Å². The van der Waals surface area contributed by atoms with Gasteiger partial charge in [0.05, 0.1) is 0 Å². The Labute approximate surface area is 128 Å². The molecule has 0 bridgehead atoms. The number of rotatable bonds is 6. The summed E-state index contributed by atoms with van der Waals surface area (Å²) in [6.07, 6.45) is 6.91. The van der Waals surface area contributed by atoms with Crippen LogP contribution in [0, 0.1) is 5.41 Å². The molecule has 0 atom stereocenters. The molecule has 0 spiro atoms. The Morgan fingerprint density at radius 2 is 2.27 bits per heavy atom. The van der Waals surface area contributed by atoms with E-state index in [0.29, 0.717) is 12.2 Å². The van der Waals surface area contributed by atoms with Crippen molar-refractivity contribution in [2.45, 2.75) is 32.7 Å². The lowest BCUT2D eigenvalue weighted by Crippen LogP contribution is -2.33. The molecule has 2 aromatic heterocycles. The van der Waals surface area contributed by atoms with Gasteiger partial charge >= 0.3 is 0 Å². The van der Waals surface area contributed by atoms with Gasteiger partial charge in [0.2, 0.25) is 5.56 Å². The molecule has 1 amide bonds. The SMILES string of the molecule is CCc1nccn1CC1(CNC(=O)c2cccc(=O)[nH]2)CC1. The number of amides is 1. The molecule has 1 aliphatic rings. The first-order chi connectivity index (χ1) is 10.6. The molecule has 2 heterocycles. The zero-order valence-electron chi connectivity index (χ0n) is 12.6. The van der Waals surface area contributed by atoms with Crippen molar-refractivity contribution in [2.24, 2.45) is 5.41 Å². The number of aromatic nitrogens is 3. The Hall–Kier alpha value is -2.37. The summed E-state index contributed by atoms with van der Waals surface area (Å²) in [6.45, 7) is 3.58. The number of aryl methyl sites for hydroxylation is 1. The van der Waals surface area contributed by atoms with Gasteiger partial charge in [-0.05, 0) is 18.9 Å². The van der Waals surface area contributed by atoms with Crippen LogP contribution in [0.5, 0.6) is 0 Å². The number of hydrogen-bond acceptors (Lipinski definition) is 3. The molecule has 0 aliphatic heterocycles. The molecular formula is C16H20N4O2. The van der Waals surface area contributed by atoms with E-state index in [9.17, 15) is 9.59 Å². The van der Waals surface area contributed by atoms with Crippen molar-refractivity contribution >= 4 is 5.91 Å². The van der Waals surface area contributed by atoms with Gasteiger partial charge in [-0.25, -0.2) is 4.98 Å². The minimum atomic E-state index is -0.264. The highest BCUT2D eigenvalue weighted by Gasteiger charge is 2.43. The van der Waals surface area contributed by atoms with E-state index in [4.69, 9.17) is 0 Å². The fourth-order valence-corrected chi connectivity index (χ4v) is 2.67. The summed E-state index contributed by atoms with van der Waals surface area (Å²) in [6, 6.07) is 4.59. The number of H-pyrrole nitrogens is 1. The molecule has 0 unspecified atom stereocenters. The number of imidazole rings is 1. The van der Waals surface area contributed by atoms with Crippen LogP contribution in [-0.2, 0) is 13.0 Å². The van der Waals surface area contributed by atoms with E-state index in [1.165, 1.54) is 6.07 Å². The average molecular weight is 300 g/mol. The fourth-order valence-electron chi connectivity index (χ4n) is 2.67. The molecule has 1 fully saturated rings. The number of nitrogens with one attached hydrogen (secondary N) is 2. The minimum Gasteiger partial charge on any atom is -0.350 e. The second-order valence-corrected chi connectivity index (χ2v) is 5.94. The summed E-state index contributed by atoms with van der Waals surface area (Å²) in [5, 5.41) is 2.94. The zero-order chi connectivity index (χ0) is 15.6. The number of hydrogen-bond donors (Lipinski definition) is 2. The molecule has 0 saturated heterocycles. The van der Waals surface area contributed by atoms with Crippen LogP contribution >= 0.6 is 0 Å². The molecule has 2 N–H and O–H groups in total. The van der Waals surface area contributed by atoms with Gasteiger partial charge in [0, 0.05) is 43.4 Å². The fraction of sp³-hybridized carbons (Fsp3) is 0.438. The monoisotopic (exact) mass is 300 g/mol. The summed E-state index contributed by atoms with van der Waals surface area (Å²) in [4.78, 5) is 30.2. The molecule has 6 nitrogen and oxygen atoms in total. The van der Waals surface area contributed by atoms with Gasteiger partial charge < -0.3 is 14.9 Å². The van der Waals surface area contributed by atoms with Crippen LogP contribution in [0.4, 0.5) is 0 Å². The van der Waals surface area contributed by atoms with Crippen molar-refractivity contribution < 1.29 is 4.79 Å². The lowest BCUT2D eigenvalue weighted by Gasteiger charge is -2.18. The number of nitrogens with zero attached hydrogens (tertiary/aromatic N) is 2. The van der Waals surface area contributed by atoms with Crippen molar-refractivity contribution in [2.75, 3.05) is 6.54 Å². The Morgan fingerprint density at radius 1 is 1.45 bits per heavy atom. The number of pyridine rings is 1. The third-order valence-corrected chi connectivity index (χ3v) is 4.22. The zero-order valence-corrected chi connectivity index (χ0v) is 12.6. The number of carbonyl (C=O) groups is 1. The molecule has 116 valence electrons. The average Bonchev–Trinajstić information content (AvgIpc) is 3.14. The number of carbonyl (C=O) groups excluding carboxylic acids is 1. The van der Waals surface area contributed by atoms with Gasteiger partial charge in [0.1, 0.15) is 11.5 Å². The molecule has 1 aliphatic carbocycles. The first kappa shape index (κ1) is 14.6. The van der Waals surface area contributed by atoms with Gasteiger partial charge in [0.25, 0.3) is 5.91 Å². The van der Waals surface area contributed by atoms with Gasteiger partial charge in [-0.15, -0.1) is 0 Å². The van der Waals surface area contributed by atoms with Crippen LogP contribution in [0.15, 0.2) is 35.4 Å². The Morgan fingerprint density at radius 3 is 2.95 bits per heavy atom. The normalized spacial score (nSPS) is 15.5. The quantitative estimate of drug-likeness (QED) is 0.845. The molecule has 1 saturated carbocycles. The Bertz CT molecular complexity index is 727. The van der Waals surface area contributed by atoms with E-state index in [-0.39, 0.29) is 16.9 Å². The summed E-state index contributed by atoms with van der Waals surface area (Å²) in [5.74, 6) is 0.843. The van der Waals surface area contributed by atoms with Crippen LogP contribution in [0.1, 0.15) is 36.1 Å². The maximum atomic E-state index is 12.1. The molecule has 3 rings (SSSR count). The van der Waals surface area contributed by atoms with Gasteiger partial charge in [-0.3, -0.25) is 9.59 Å². The van der Waals surface area contributed by atoms with Crippen LogP contribution in [-0.4, -0.2) is 27.0 Å². The first-order valence-corrected chi connectivity index (χ1v) is 7.59. The predicted octanol–water partition coefficient (Wildman–Crippen LogP) is 1.34. The highest BCUT2D eigenvalue weighted by Crippen LogP contribution is 2.46. The maximum absolute atomic E-state index is 12.1. The topological polar surface area (TPSA) is 79.8 Å². The second kappa shape index (κ2) is 5.79. The predicted molar refractivity (Wildman–Crippen MR) is 82.7 cm³/mol. The van der Waals surface area contributed by atoms with Crippen LogP contribution in [0.25, 0.3) is 0 Å². The molecular weight excluding hydrogens is 280 g/mol. The lowest BCUT2D eigenvalue weighted by molar-refractivity contribution is 0.0937. The molecule has 22 heavy (non-hydrogen) atoms. The minimum absolute atomic E-state index is 0.120. The van der Waals surface area contributed by atoms with Crippen LogP contribution < -0.4 is 10.9 Å². The van der Waals surface area contributed by atoms with E-state index in [2.05, 4.69) is 26.8 Å². The summed E-state index contributed by atoms with van der Waals surface area (Å²) >= 11 is 0. The molecule has 2 aromatic rings. The molecule has 6 heteroatoms. The Balaban J connectivity index is 1.61. The van der Waals surface area contributed by atoms with Crippen molar-refractivity contribution in [1.82, 2.24) is 19.9 Å². The van der Waals surface area contributed by atoms with Gasteiger partial charge in [-0.2, -0.15) is 0 Å². The van der Waals surface area contributed by atoms with Crippen LogP contribution in [0.3, 0.4) is 0 Å². The van der Waals surface area contributed by atoms with Crippen molar-refractivity contribution in [1.29, 1.82) is 0 Å². The summed E-state index contributed by atoms with van der Waals surface area (Å²) in [7, 11) is 0.